The Labute approximate surface area is 101 Å². The molecule has 2 aliphatic heterocycles. The average molecular weight is 240 g/mol. The van der Waals surface area contributed by atoms with Gasteiger partial charge in [-0.2, -0.15) is 0 Å². The van der Waals surface area contributed by atoms with Crippen LogP contribution in [-0.2, 0) is 9.53 Å². The third-order valence-electron chi connectivity index (χ3n) is 3.47. The van der Waals surface area contributed by atoms with Crippen LogP contribution in [0.3, 0.4) is 0 Å². The Kier molecular flexibility index (Phi) is 3.26. The van der Waals surface area contributed by atoms with Crippen molar-refractivity contribution in [1.82, 2.24) is 10.2 Å². The number of piperidine rings is 1. The molecule has 5 nitrogen and oxygen atoms in total. The average Bonchev–Trinajstić information content (AvgIpc) is 2.60. The number of amides is 2. The maximum absolute atomic E-state index is 11.9. The molecule has 2 saturated heterocycles. The summed E-state index contributed by atoms with van der Waals surface area (Å²) < 4.78 is 5.31. The van der Waals surface area contributed by atoms with Crippen LogP contribution in [0.5, 0.6) is 0 Å². The largest absolute Gasteiger partial charge is 0.441 e. The Morgan fingerprint density at radius 1 is 1.47 bits per heavy atom. The van der Waals surface area contributed by atoms with Gasteiger partial charge < -0.3 is 15.0 Å². The van der Waals surface area contributed by atoms with E-state index in [1.54, 1.807) is 0 Å². The van der Waals surface area contributed by atoms with Gasteiger partial charge in [0.2, 0.25) is 5.91 Å². The van der Waals surface area contributed by atoms with Crippen LogP contribution in [0, 0.1) is 5.92 Å². The van der Waals surface area contributed by atoms with E-state index in [1.807, 2.05) is 18.7 Å². The molecule has 0 aliphatic carbocycles. The predicted octanol–water partition coefficient (Wildman–Crippen LogP) is 1.13. The Morgan fingerprint density at radius 3 is 2.59 bits per heavy atom. The number of hydrogen-bond donors (Lipinski definition) is 1. The van der Waals surface area contributed by atoms with Crippen LogP contribution in [0.2, 0.25) is 0 Å². The van der Waals surface area contributed by atoms with Crippen LogP contribution in [0.4, 0.5) is 4.79 Å². The molecule has 2 heterocycles. The minimum Gasteiger partial charge on any atom is -0.441 e. The van der Waals surface area contributed by atoms with Crippen LogP contribution < -0.4 is 5.32 Å². The number of nitrogens with zero attached hydrogens (tertiary/aromatic N) is 1. The molecule has 2 fully saturated rings. The molecule has 0 atom stereocenters. The van der Waals surface area contributed by atoms with E-state index in [0.29, 0.717) is 32.0 Å². The van der Waals surface area contributed by atoms with Gasteiger partial charge in [-0.15, -0.1) is 0 Å². The molecule has 0 aromatic carbocycles. The number of carbonyl (C=O) groups excluding carboxylic acids is 2. The second kappa shape index (κ2) is 4.55. The summed E-state index contributed by atoms with van der Waals surface area (Å²) in [5.41, 5.74) is -0.355. The summed E-state index contributed by atoms with van der Waals surface area (Å²) >= 11 is 0. The fourth-order valence-electron chi connectivity index (χ4n) is 2.42. The van der Waals surface area contributed by atoms with Gasteiger partial charge >= 0.3 is 6.09 Å². The molecule has 2 amide bonds. The highest BCUT2D eigenvalue weighted by molar-refractivity contribution is 5.76. The molecule has 0 radical (unpaired) electrons. The summed E-state index contributed by atoms with van der Waals surface area (Å²) in [5, 5.41) is 2.69. The molecule has 0 aromatic heterocycles. The third kappa shape index (κ3) is 2.70. The molecule has 17 heavy (non-hydrogen) atoms. The predicted molar refractivity (Wildman–Crippen MR) is 62.5 cm³/mol. The van der Waals surface area contributed by atoms with Crippen molar-refractivity contribution in [1.29, 1.82) is 0 Å². The topological polar surface area (TPSA) is 58.6 Å². The van der Waals surface area contributed by atoms with Gasteiger partial charge in [0.05, 0.1) is 6.54 Å². The molecule has 96 valence electrons. The van der Waals surface area contributed by atoms with E-state index in [1.165, 1.54) is 0 Å². The van der Waals surface area contributed by atoms with Gasteiger partial charge in [-0.1, -0.05) is 13.8 Å². The van der Waals surface area contributed by atoms with Crippen molar-refractivity contribution in [3.8, 4) is 0 Å². The number of carbonyl (C=O) groups is 2. The van der Waals surface area contributed by atoms with Crippen molar-refractivity contribution < 1.29 is 14.3 Å². The minimum atomic E-state index is -0.355. The van der Waals surface area contributed by atoms with Crippen molar-refractivity contribution in [2.24, 2.45) is 5.92 Å². The summed E-state index contributed by atoms with van der Waals surface area (Å²) in [4.78, 5) is 24.8. The first-order chi connectivity index (χ1) is 8.01. The van der Waals surface area contributed by atoms with E-state index >= 15 is 0 Å². The summed E-state index contributed by atoms with van der Waals surface area (Å²) in [5.74, 6) is 0.608. The van der Waals surface area contributed by atoms with Crippen molar-refractivity contribution in [3.63, 3.8) is 0 Å². The minimum absolute atomic E-state index is 0.215. The zero-order chi connectivity index (χ0) is 12.5. The Balaban J connectivity index is 1.86. The highest BCUT2D eigenvalue weighted by Gasteiger charge is 2.43. The van der Waals surface area contributed by atoms with Gasteiger partial charge in [0.1, 0.15) is 5.60 Å². The first kappa shape index (κ1) is 12.2. The molecule has 0 unspecified atom stereocenters. The van der Waals surface area contributed by atoms with Crippen molar-refractivity contribution in [3.05, 3.63) is 0 Å². The van der Waals surface area contributed by atoms with E-state index in [-0.39, 0.29) is 17.6 Å². The lowest BCUT2D eigenvalue weighted by molar-refractivity contribution is -0.135. The summed E-state index contributed by atoms with van der Waals surface area (Å²) in [6.45, 7) is 6.07. The van der Waals surface area contributed by atoms with Gasteiger partial charge in [-0.05, 0) is 5.92 Å². The molecule has 5 heteroatoms. The normalized spacial score (nSPS) is 22.8. The van der Waals surface area contributed by atoms with Gasteiger partial charge in [0, 0.05) is 32.4 Å². The van der Waals surface area contributed by atoms with E-state index in [4.69, 9.17) is 4.74 Å². The van der Waals surface area contributed by atoms with Crippen molar-refractivity contribution in [2.45, 2.75) is 38.7 Å². The van der Waals surface area contributed by atoms with Crippen molar-refractivity contribution in [2.75, 3.05) is 19.6 Å². The summed E-state index contributed by atoms with van der Waals surface area (Å²) in [6.07, 6.45) is 1.77. The first-order valence-corrected chi connectivity index (χ1v) is 6.25. The lowest BCUT2D eigenvalue weighted by Gasteiger charge is -2.37. The van der Waals surface area contributed by atoms with Gasteiger partial charge in [-0.3, -0.25) is 4.79 Å². The molecule has 0 saturated carbocycles. The second-order valence-electron chi connectivity index (χ2n) is 5.40. The molecular formula is C12H20N2O3. The number of rotatable bonds is 2. The van der Waals surface area contributed by atoms with Gasteiger partial charge in [-0.25, -0.2) is 4.79 Å². The maximum Gasteiger partial charge on any atom is 0.407 e. The molecule has 2 aliphatic rings. The number of ether oxygens (including phenoxy) is 1. The van der Waals surface area contributed by atoms with Crippen LogP contribution in [-0.4, -0.2) is 42.1 Å². The first-order valence-electron chi connectivity index (χ1n) is 6.25. The highest BCUT2D eigenvalue weighted by atomic mass is 16.6. The van der Waals surface area contributed by atoms with Crippen LogP contribution in [0.15, 0.2) is 0 Å². The van der Waals surface area contributed by atoms with E-state index in [2.05, 4.69) is 5.32 Å². The molecule has 1 N–H and O–H groups in total. The zero-order valence-corrected chi connectivity index (χ0v) is 10.5. The van der Waals surface area contributed by atoms with E-state index in [9.17, 15) is 9.59 Å². The fourth-order valence-corrected chi connectivity index (χ4v) is 2.42. The standard InChI is InChI=1S/C12H20N2O3/c1-9(2)7-10(15)14-5-3-12(4-6-14)8-13-11(16)17-12/h9H,3-8H2,1-2H3,(H,13,16). The summed E-state index contributed by atoms with van der Waals surface area (Å²) in [6, 6.07) is 0. The van der Waals surface area contributed by atoms with Crippen LogP contribution in [0.1, 0.15) is 33.1 Å². The van der Waals surface area contributed by atoms with Crippen LogP contribution in [0.25, 0.3) is 0 Å². The van der Waals surface area contributed by atoms with Crippen LogP contribution >= 0.6 is 0 Å². The number of nitrogens with one attached hydrogen (secondary N) is 1. The Bertz CT molecular complexity index is 320. The smallest absolute Gasteiger partial charge is 0.407 e. The van der Waals surface area contributed by atoms with E-state index in [0.717, 1.165) is 12.8 Å². The number of hydrogen-bond acceptors (Lipinski definition) is 3. The van der Waals surface area contributed by atoms with Gasteiger partial charge in [0.15, 0.2) is 0 Å². The Hall–Kier alpha value is -1.26. The molecule has 1 spiro atoms. The van der Waals surface area contributed by atoms with Gasteiger partial charge in [0.25, 0.3) is 0 Å². The molecular weight excluding hydrogens is 220 g/mol. The highest BCUT2D eigenvalue weighted by Crippen LogP contribution is 2.29. The lowest BCUT2D eigenvalue weighted by atomic mass is 9.91. The lowest BCUT2D eigenvalue weighted by Crippen LogP contribution is -2.48. The summed E-state index contributed by atoms with van der Waals surface area (Å²) in [7, 11) is 0. The van der Waals surface area contributed by atoms with Crippen molar-refractivity contribution >= 4 is 12.0 Å². The molecule has 0 bridgehead atoms. The molecule has 0 aromatic rings. The molecule has 2 rings (SSSR count). The second-order valence-corrected chi connectivity index (χ2v) is 5.40. The third-order valence-corrected chi connectivity index (χ3v) is 3.47. The Morgan fingerprint density at radius 2 is 2.12 bits per heavy atom. The SMILES string of the molecule is CC(C)CC(=O)N1CCC2(CC1)CNC(=O)O2. The quantitative estimate of drug-likeness (QED) is 0.787. The maximum atomic E-state index is 11.9. The monoisotopic (exact) mass is 240 g/mol. The number of alkyl carbamates (subject to hydrolysis) is 1. The van der Waals surface area contributed by atoms with E-state index < -0.39 is 0 Å². The zero-order valence-electron chi connectivity index (χ0n) is 10.5. The fraction of sp³-hybridized carbons (Fsp3) is 0.833. The number of likely N-dealkylation sites (tertiary alicyclic amines) is 1.